The largest absolute Gasteiger partial charge is 0.306 e. The molecular formula is C11H21N3. The van der Waals surface area contributed by atoms with Crippen LogP contribution in [-0.2, 0) is 0 Å². The van der Waals surface area contributed by atoms with Gasteiger partial charge in [0.15, 0.2) is 0 Å². The van der Waals surface area contributed by atoms with Gasteiger partial charge in [-0.25, -0.2) is 0 Å². The second kappa shape index (κ2) is 5.81. The summed E-state index contributed by atoms with van der Waals surface area (Å²) in [6, 6.07) is 0. The molecule has 1 aromatic heterocycles. The van der Waals surface area contributed by atoms with E-state index in [1.54, 1.807) is 0 Å². The third kappa shape index (κ3) is 2.84. The summed E-state index contributed by atoms with van der Waals surface area (Å²) in [4.78, 5) is 2.39. The van der Waals surface area contributed by atoms with Crippen LogP contribution in [0.2, 0.25) is 0 Å². The molecule has 0 bridgehead atoms. The molecule has 0 radical (unpaired) electrons. The Labute approximate surface area is 86.5 Å². The second-order valence-electron chi connectivity index (χ2n) is 3.61. The van der Waals surface area contributed by atoms with Crippen LogP contribution in [0.15, 0.2) is 12.4 Å². The van der Waals surface area contributed by atoms with Crippen molar-refractivity contribution in [2.24, 2.45) is 0 Å². The monoisotopic (exact) mass is 195 g/mol. The topological polar surface area (TPSA) is 31.9 Å². The van der Waals surface area contributed by atoms with E-state index in [4.69, 9.17) is 0 Å². The fourth-order valence-corrected chi connectivity index (χ4v) is 1.83. The number of nitrogens with zero attached hydrogens (tertiary/aromatic N) is 2. The van der Waals surface area contributed by atoms with E-state index in [0.717, 1.165) is 5.92 Å². The van der Waals surface area contributed by atoms with Crippen LogP contribution in [0.5, 0.6) is 0 Å². The van der Waals surface area contributed by atoms with Gasteiger partial charge in [-0.2, -0.15) is 5.10 Å². The minimum atomic E-state index is 0.736. The molecule has 3 nitrogen and oxygen atoms in total. The fraction of sp³-hybridized carbons (Fsp3) is 0.727. The van der Waals surface area contributed by atoms with Gasteiger partial charge in [-0.1, -0.05) is 13.8 Å². The molecule has 2 heterocycles. The number of H-pyrrole nitrogens is 1. The number of nitrogens with one attached hydrogen (secondary N) is 1. The minimum absolute atomic E-state index is 0.736. The molecule has 0 atom stereocenters. The van der Waals surface area contributed by atoms with Crippen molar-refractivity contribution in [3.63, 3.8) is 0 Å². The van der Waals surface area contributed by atoms with Crippen LogP contribution in [0.4, 0.5) is 0 Å². The fourth-order valence-electron chi connectivity index (χ4n) is 1.83. The second-order valence-corrected chi connectivity index (χ2v) is 3.61. The van der Waals surface area contributed by atoms with Gasteiger partial charge >= 0.3 is 0 Å². The lowest BCUT2D eigenvalue weighted by Gasteiger charge is -2.28. The van der Waals surface area contributed by atoms with Crippen LogP contribution in [0.1, 0.15) is 38.2 Å². The lowest BCUT2D eigenvalue weighted by atomic mass is 9.92. The van der Waals surface area contributed by atoms with Gasteiger partial charge in [-0.05, 0) is 44.5 Å². The number of hydrogen-bond donors (Lipinski definition) is 1. The molecule has 1 N–H and O–H groups in total. The van der Waals surface area contributed by atoms with Gasteiger partial charge in [0, 0.05) is 6.20 Å². The highest BCUT2D eigenvalue weighted by molar-refractivity contribution is 5.11. The molecule has 14 heavy (non-hydrogen) atoms. The number of piperidine rings is 1. The Morgan fingerprint density at radius 1 is 1.36 bits per heavy atom. The van der Waals surface area contributed by atoms with Crippen molar-refractivity contribution in [1.82, 2.24) is 15.1 Å². The zero-order valence-corrected chi connectivity index (χ0v) is 9.45. The summed E-state index contributed by atoms with van der Waals surface area (Å²) in [6.45, 7) is 6.44. The van der Waals surface area contributed by atoms with Crippen LogP contribution in [-0.4, -0.2) is 35.2 Å². The summed E-state index contributed by atoms with van der Waals surface area (Å²) in [5, 5.41) is 6.85. The molecule has 1 saturated heterocycles. The zero-order valence-electron chi connectivity index (χ0n) is 9.45. The van der Waals surface area contributed by atoms with Gasteiger partial charge in [0.05, 0.1) is 6.20 Å². The average Bonchev–Trinajstić information content (AvgIpc) is 2.75. The maximum Gasteiger partial charge on any atom is 0.0522 e. The van der Waals surface area contributed by atoms with Gasteiger partial charge in [0.2, 0.25) is 0 Å². The van der Waals surface area contributed by atoms with E-state index in [1.165, 1.54) is 31.5 Å². The molecule has 80 valence electrons. The van der Waals surface area contributed by atoms with E-state index in [1.807, 2.05) is 26.2 Å². The number of aromatic nitrogens is 2. The Balaban J connectivity index is 0.000000461. The quantitative estimate of drug-likeness (QED) is 0.745. The molecule has 1 aliphatic heterocycles. The van der Waals surface area contributed by atoms with E-state index in [2.05, 4.69) is 22.1 Å². The van der Waals surface area contributed by atoms with E-state index in [9.17, 15) is 0 Å². The zero-order chi connectivity index (χ0) is 10.4. The molecule has 0 unspecified atom stereocenters. The first-order valence-electron chi connectivity index (χ1n) is 5.53. The highest BCUT2D eigenvalue weighted by atomic mass is 15.1. The molecule has 0 saturated carbocycles. The average molecular weight is 195 g/mol. The van der Waals surface area contributed by atoms with Crippen molar-refractivity contribution in [1.29, 1.82) is 0 Å². The molecular weight excluding hydrogens is 174 g/mol. The highest BCUT2D eigenvalue weighted by Crippen LogP contribution is 2.25. The summed E-state index contributed by atoms with van der Waals surface area (Å²) < 4.78 is 0. The maximum atomic E-state index is 3.98. The maximum absolute atomic E-state index is 3.98. The third-order valence-electron chi connectivity index (χ3n) is 2.71. The lowest BCUT2D eigenvalue weighted by molar-refractivity contribution is 0.255. The molecule has 1 fully saturated rings. The lowest BCUT2D eigenvalue weighted by Crippen LogP contribution is -2.29. The predicted molar refractivity (Wildman–Crippen MR) is 59.4 cm³/mol. The van der Waals surface area contributed by atoms with Gasteiger partial charge in [-0.3, -0.25) is 5.10 Å². The molecule has 1 aliphatic rings. The van der Waals surface area contributed by atoms with Gasteiger partial charge in [-0.15, -0.1) is 0 Å². The number of hydrogen-bond acceptors (Lipinski definition) is 2. The normalized spacial score (nSPS) is 18.8. The number of aromatic amines is 1. The Kier molecular flexibility index (Phi) is 4.66. The number of rotatable bonds is 1. The third-order valence-corrected chi connectivity index (χ3v) is 2.71. The van der Waals surface area contributed by atoms with Crippen molar-refractivity contribution >= 4 is 0 Å². The molecule has 2 rings (SSSR count). The minimum Gasteiger partial charge on any atom is -0.306 e. The van der Waals surface area contributed by atoms with Crippen LogP contribution in [0, 0.1) is 0 Å². The van der Waals surface area contributed by atoms with E-state index < -0.39 is 0 Å². The van der Waals surface area contributed by atoms with Crippen molar-refractivity contribution in [2.75, 3.05) is 20.1 Å². The molecule has 1 aromatic rings. The first kappa shape index (κ1) is 11.2. The van der Waals surface area contributed by atoms with Crippen LogP contribution in [0.25, 0.3) is 0 Å². The van der Waals surface area contributed by atoms with Crippen LogP contribution < -0.4 is 0 Å². The van der Waals surface area contributed by atoms with E-state index in [-0.39, 0.29) is 0 Å². The molecule has 3 heteroatoms. The van der Waals surface area contributed by atoms with Gasteiger partial charge in [0.1, 0.15) is 0 Å². The SMILES string of the molecule is CC.CN1CCC(c2cn[nH]c2)CC1. The molecule has 0 amide bonds. The smallest absolute Gasteiger partial charge is 0.0522 e. The van der Waals surface area contributed by atoms with E-state index in [0.29, 0.717) is 0 Å². The van der Waals surface area contributed by atoms with Crippen molar-refractivity contribution in [3.8, 4) is 0 Å². The predicted octanol–water partition coefficient (Wildman–Crippen LogP) is 2.25. The van der Waals surface area contributed by atoms with Gasteiger partial charge in [0.25, 0.3) is 0 Å². The first-order chi connectivity index (χ1) is 6.86. The van der Waals surface area contributed by atoms with Gasteiger partial charge < -0.3 is 4.90 Å². The summed E-state index contributed by atoms with van der Waals surface area (Å²) >= 11 is 0. The molecule has 0 aliphatic carbocycles. The molecule has 0 aromatic carbocycles. The van der Waals surface area contributed by atoms with Crippen molar-refractivity contribution in [2.45, 2.75) is 32.6 Å². The molecule has 0 spiro atoms. The van der Waals surface area contributed by atoms with E-state index >= 15 is 0 Å². The summed E-state index contributed by atoms with van der Waals surface area (Å²) in [5.41, 5.74) is 1.38. The summed E-state index contributed by atoms with van der Waals surface area (Å²) in [7, 11) is 2.19. The first-order valence-corrected chi connectivity index (χ1v) is 5.53. The summed E-state index contributed by atoms with van der Waals surface area (Å²) in [6.07, 6.45) is 6.53. The standard InChI is InChI=1S/C9H15N3.C2H6/c1-12-4-2-8(3-5-12)9-6-10-11-7-9;1-2/h6-8H,2-5H2,1H3,(H,10,11);1-2H3. The Bertz CT molecular complexity index is 223. The Hall–Kier alpha value is -0.830. The Morgan fingerprint density at radius 2 is 2.00 bits per heavy atom. The van der Waals surface area contributed by atoms with Crippen molar-refractivity contribution < 1.29 is 0 Å². The van der Waals surface area contributed by atoms with Crippen LogP contribution >= 0.6 is 0 Å². The number of likely N-dealkylation sites (tertiary alicyclic amines) is 1. The van der Waals surface area contributed by atoms with Crippen LogP contribution in [0.3, 0.4) is 0 Å². The highest BCUT2D eigenvalue weighted by Gasteiger charge is 2.18. The summed E-state index contributed by atoms with van der Waals surface area (Å²) in [5.74, 6) is 0.736. The van der Waals surface area contributed by atoms with Crippen molar-refractivity contribution in [3.05, 3.63) is 18.0 Å². The Morgan fingerprint density at radius 3 is 2.50 bits per heavy atom.